The van der Waals surface area contributed by atoms with Gasteiger partial charge in [-0.15, -0.1) is 0 Å². The molecule has 2 aliphatic carbocycles. The van der Waals surface area contributed by atoms with Crippen LogP contribution in [0.15, 0.2) is 218 Å². The molecule has 0 amide bonds. The Balaban J connectivity index is 1.03. The molecule has 1 aromatic heterocycles. The first-order chi connectivity index (χ1) is 32.0. The number of para-hydroxylation sites is 4. The molecular weight excluding hydrogens is 789 g/mol. The number of fused-ring (bicyclic) bond motifs is 14. The molecule has 0 bridgehead atoms. The Morgan fingerprint density at radius 3 is 1.75 bits per heavy atom. The van der Waals surface area contributed by atoms with E-state index in [1.54, 1.807) is 0 Å². The molecule has 0 atom stereocenters. The van der Waals surface area contributed by atoms with Crippen LogP contribution in [0.5, 0.6) is 11.5 Å². The van der Waals surface area contributed by atoms with E-state index in [-0.39, 0.29) is 5.41 Å². The first-order valence-electron chi connectivity index (χ1n) is 22.7. The summed E-state index contributed by atoms with van der Waals surface area (Å²) in [4.78, 5) is 2.46. The summed E-state index contributed by atoms with van der Waals surface area (Å²) in [5.74, 6) is 1.78. The molecule has 306 valence electrons. The second kappa shape index (κ2) is 13.2. The predicted octanol–water partition coefficient (Wildman–Crippen LogP) is 16.2. The Hall–Kier alpha value is -8.14. The van der Waals surface area contributed by atoms with Crippen molar-refractivity contribution in [1.82, 2.24) is 4.57 Å². The van der Waals surface area contributed by atoms with Crippen molar-refractivity contribution in [1.29, 1.82) is 0 Å². The average molecular weight is 831 g/mol. The van der Waals surface area contributed by atoms with Crippen molar-refractivity contribution in [3.8, 4) is 39.4 Å². The van der Waals surface area contributed by atoms with E-state index < -0.39 is 5.41 Å². The maximum absolute atomic E-state index is 6.72. The smallest absolute Gasteiger partial charge is 0.132 e. The zero-order chi connectivity index (χ0) is 43.0. The van der Waals surface area contributed by atoms with Gasteiger partial charge in [-0.25, -0.2) is 0 Å². The molecule has 0 radical (unpaired) electrons. The van der Waals surface area contributed by atoms with E-state index in [9.17, 15) is 0 Å². The van der Waals surface area contributed by atoms with Gasteiger partial charge < -0.3 is 14.2 Å². The second-order valence-electron chi connectivity index (χ2n) is 18.4. The highest BCUT2D eigenvalue weighted by atomic mass is 16.5. The Labute approximate surface area is 378 Å². The van der Waals surface area contributed by atoms with Crippen molar-refractivity contribution in [2.75, 3.05) is 4.90 Å². The SMILES string of the molecule is CC1(C)c2ccccc2-c2ccc(-n3c4ccccc4c4ccc(N(c5ccccc5)c5ccc6c7c(cccc57)C5(c7ccccc7Oc7ccccc75)c5ccccc5-6)cc43)cc21. The van der Waals surface area contributed by atoms with E-state index in [4.69, 9.17) is 4.74 Å². The monoisotopic (exact) mass is 830 g/mol. The normalized spacial score (nSPS) is 14.4. The van der Waals surface area contributed by atoms with Crippen molar-refractivity contribution >= 4 is 49.6 Å². The highest BCUT2D eigenvalue weighted by molar-refractivity contribution is 6.13. The second-order valence-corrected chi connectivity index (χ2v) is 18.4. The molecule has 0 saturated heterocycles. The van der Waals surface area contributed by atoms with Crippen LogP contribution in [-0.4, -0.2) is 4.57 Å². The number of hydrogen-bond acceptors (Lipinski definition) is 2. The Kier molecular flexibility index (Phi) is 7.38. The van der Waals surface area contributed by atoms with E-state index in [2.05, 4.69) is 242 Å². The van der Waals surface area contributed by atoms with Crippen LogP contribution in [-0.2, 0) is 10.8 Å². The highest BCUT2D eigenvalue weighted by Crippen LogP contribution is 2.62. The van der Waals surface area contributed by atoms with Gasteiger partial charge >= 0.3 is 0 Å². The van der Waals surface area contributed by atoms with Crippen molar-refractivity contribution < 1.29 is 4.74 Å². The summed E-state index contributed by atoms with van der Waals surface area (Å²) >= 11 is 0. The minimum absolute atomic E-state index is 0.113. The number of ether oxygens (including phenoxy) is 1. The summed E-state index contributed by atoms with van der Waals surface area (Å²) in [5, 5.41) is 4.92. The van der Waals surface area contributed by atoms with Crippen LogP contribution < -0.4 is 9.64 Å². The molecular formula is C62H42N2O. The van der Waals surface area contributed by atoms with E-state index >= 15 is 0 Å². The predicted molar refractivity (Wildman–Crippen MR) is 268 cm³/mol. The number of nitrogens with zero attached hydrogens (tertiary/aromatic N) is 2. The number of anilines is 3. The molecule has 1 aliphatic heterocycles. The van der Waals surface area contributed by atoms with Crippen LogP contribution in [0.4, 0.5) is 17.1 Å². The van der Waals surface area contributed by atoms with Gasteiger partial charge in [0.15, 0.2) is 0 Å². The minimum Gasteiger partial charge on any atom is -0.457 e. The zero-order valence-electron chi connectivity index (χ0n) is 36.1. The van der Waals surface area contributed by atoms with Crippen LogP contribution >= 0.6 is 0 Å². The van der Waals surface area contributed by atoms with Gasteiger partial charge in [0.05, 0.1) is 22.1 Å². The van der Waals surface area contributed by atoms with Gasteiger partial charge in [-0.1, -0.05) is 172 Å². The summed E-state index contributed by atoms with van der Waals surface area (Å²) in [6, 6.07) is 80.7. The molecule has 2 heterocycles. The molecule has 1 spiro atoms. The molecule has 0 N–H and O–H groups in total. The maximum atomic E-state index is 6.72. The van der Waals surface area contributed by atoms with Crippen LogP contribution in [0, 0.1) is 0 Å². The standard InChI is InChI=1S/C62H42N2O/c1-61(2)49-23-9-6-19-42(49)44-33-31-40(37-54(44)61)64-55-28-13-8-21-45(55)46-34-32-41(38-57(46)64)63(39-17-4-3-5-18-39)56-36-35-47-43-20-7-10-24-50(43)62(53-27-16-22-48(56)60(47)53)51-25-11-14-29-58(51)65-59-30-15-12-26-52(59)62/h3-38H,1-2H3. The summed E-state index contributed by atoms with van der Waals surface area (Å²) in [7, 11) is 0. The molecule has 0 unspecified atom stereocenters. The van der Waals surface area contributed by atoms with Gasteiger partial charge in [-0.05, 0) is 111 Å². The summed E-state index contributed by atoms with van der Waals surface area (Å²) in [5.41, 5.74) is 18.9. The third-order valence-corrected chi connectivity index (χ3v) is 14.8. The topological polar surface area (TPSA) is 17.4 Å². The van der Waals surface area contributed by atoms with E-state index in [0.29, 0.717) is 0 Å². The third-order valence-electron chi connectivity index (χ3n) is 14.8. The molecule has 11 aromatic rings. The number of rotatable bonds is 4. The third kappa shape index (κ3) is 4.79. The number of aromatic nitrogens is 1. The first-order valence-corrected chi connectivity index (χ1v) is 22.7. The fourth-order valence-electron chi connectivity index (χ4n) is 12.1. The highest BCUT2D eigenvalue weighted by Gasteiger charge is 2.49. The Morgan fingerprint density at radius 2 is 0.969 bits per heavy atom. The summed E-state index contributed by atoms with van der Waals surface area (Å²) < 4.78 is 9.20. The van der Waals surface area contributed by atoms with Crippen LogP contribution in [0.2, 0.25) is 0 Å². The van der Waals surface area contributed by atoms with Crippen molar-refractivity contribution in [3.63, 3.8) is 0 Å². The number of hydrogen-bond donors (Lipinski definition) is 0. The van der Waals surface area contributed by atoms with Gasteiger partial charge in [0.25, 0.3) is 0 Å². The Bertz CT molecular complexity index is 3750. The Morgan fingerprint density at radius 1 is 0.385 bits per heavy atom. The molecule has 0 saturated carbocycles. The van der Waals surface area contributed by atoms with Crippen LogP contribution in [0.1, 0.15) is 47.2 Å². The lowest BCUT2D eigenvalue weighted by molar-refractivity contribution is 0.435. The fraction of sp³-hybridized carbons (Fsp3) is 0.0645. The molecule has 0 fully saturated rings. The maximum Gasteiger partial charge on any atom is 0.132 e. The molecule has 65 heavy (non-hydrogen) atoms. The van der Waals surface area contributed by atoms with Gasteiger partial charge in [0, 0.05) is 49.8 Å². The minimum atomic E-state index is -0.601. The molecule has 3 heteroatoms. The molecule has 3 nitrogen and oxygen atoms in total. The number of benzene rings is 10. The lowest BCUT2D eigenvalue weighted by atomic mass is 9.58. The van der Waals surface area contributed by atoms with E-state index in [1.807, 2.05) is 0 Å². The molecule has 3 aliphatic rings. The van der Waals surface area contributed by atoms with Gasteiger partial charge in [-0.3, -0.25) is 0 Å². The zero-order valence-corrected chi connectivity index (χ0v) is 36.1. The van der Waals surface area contributed by atoms with Gasteiger partial charge in [0.2, 0.25) is 0 Å². The fourth-order valence-corrected chi connectivity index (χ4v) is 12.1. The van der Waals surface area contributed by atoms with Gasteiger partial charge in [-0.2, -0.15) is 0 Å². The lowest BCUT2D eigenvalue weighted by Gasteiger charge is -2.45. The quantitative estimate of drug-likeness (QED) is 0.176. The van der Waals surface area contributed by atoms with Crippen molar-refractivity contribution in [2.24, 2.45) is 0 Å². The molecule has 10 aromatic carbocycles. The summed E-state index contributed by atoms with van der Waals surface area (Å²) in [6.45, 7) is 4.73. The van der Waals surface area contributed by atoms with E-state index in [0.717, 1.165) is 39.7 Å². The van der Waals surface area contributed by atoms with Crippen molar-refractivity contribution in [2.45, 2.75) is 24.7 Å². The van der Waals surface area contributed by atoms with Crippen LogP contribution in [0.25, 0.3) is 60.5 Å². The molecule has 14 rings (SSSR count). The first kappa shape index (κ1) is 36.4. The lowest BCUT2D eigenvalue weighted by Crippen LogP contribution is -2.36. The summed E-state index contributed by atoms with van der Waals surface area (Å²) in [6.07, 6.45) is 0. The van der Waals surface area contributed by atoms with Crippen LogP contribution in [0.3, 0.4) is 0 Å². The average Bonchev–Trinajstić information content (AvgIpc) is 3.81. The van der Waals surface area contributed by atoms with Gasteiger partial charge in [0.1, 0.15) is 11.5 Å². The largest absolute Gasteiger partial charge is 0.457 e. The van der Waals surface area contributed by atoms with E-state index in [1.165, 1.54) is 82.8 Å². The van der Waals surface area contributed by atoms with Crippen molar-refractivity contribution in [3.05, 3.63) is 252 Å².